The van der Waals surface area contributed by atoms with Crippen molar-refractivity contribution in [2.45, 2.75) is 18.9 Å². The number of nitrogens with zero attached hydrogens (tertiary/aromatic N) is 1. The van der Waals surface area contributed by atoms with Gasteiger partial charge in [0.05, 0.1) is 6.10 Å². The monoisotopic (exact) mass is 327 g/mol. The predicted octanol–water partition coefficient (Wildman–Crippen LogP) is 2.70. The number of aromatic hydroxyl groups is 1. The third kappa shape index (κ3) is 4.73. The number of likely N-dealkylation sites (tertiary alicyclic amines) is 1. The van der Waals surface area contributed by atoms with Crippen molar-refractivity contribution in [1.29, 1.82) is 0 Å². The van der Waals surface area contributed by atoms with Crippen molar-refractivity contribution in [2.24, 2.45) is 5.92 Å². The molecule has 0 bridgehead atoms. The Hall–Kier alpha value is -2.04. The van der Waals surface area contributed by atoms with E-state index >= 15 is 0 Å². The Morgan fingerprint density at radius 1 is 1.04 bits per heavy atom. The molecule has 0 spiro atoms. The molecule has 1 saturated heterocycles. The van der Waals surface area contributed by atoms with Crippen LogP contribution in [-0.4, -0.2) is 47.5 Å². The summed E-state index contributed by atoms with van der Waals surface area (Å²) in [6.45, 7) is 3.08. The number of phenols is 1. The Balaban J connectivity index is 1.41. The summed E-state index contributed by atoms with van der Waals surface area (Å²) in [6.07, 6.45) is 1.67. The molecule has 2 aromatic rings. The summed E-state index contributed by atoms with van der Waals surface area (Å²) < 4.78 is 5.69. The van der Waals surface area contributed by atoms with E-state index in [1.54, 1.807) is 24.3 Å². The second kappa shape index (κ2) is 8.18. The van der Waals surface area contributed by atoms with Gasteiger partial charge in [-0.25, -0.2) is 0 Å². The summed E-state index contributed by atoms with van der Waals surface area (Å²) in [5.41, 5.74) is 1.30. The summed E-state index contributed by atoms with van der Waals surface area (Å²) in [5.74, 6) is 1.33. The number of hydrogen-bond acceptors (Lipinski definition) is 4. The summed E-state index contributed by atoms with van der Waals surface area (Å²) in [4.78, 5) is 2.26. The third-order valence-corrected chi connectivity index (χ3v) is 4.66. The minimum atomic E-state index is -0.285. The molecule has 0 radical (unpaired) electrons. The zero-order valence-electron chi connectivity index (χ0n) is 13.8. The molecule has 2 N–H and O–H groups in total. The van der Waals surface area contributed by atoms with E-state index in [1.165, 1.54) is 5.56 Å². The van der Waals surface area contributed by atoms with E-state index in [0.717, 1.165) is 31.7 Å². The minimum absolute atomic E-state index is 0.242. The fraction of sp³-hybridized carbons (Fsp3) is 0.400. The lowest BCUT2D eigenvalue weighted by molar-refractivity contribution is 0.0175. The highest BCUT2D eigenvalue weighted by Crippen LogP contribution is 2.22. The number of benzene rings is 2. The molecule has 1 aliphatic rings. The molecule has 4 heteroatoms. The lowest BCUT2D eigenvalue weighted by Gasteiger charge is -2.36. The Morgan fingerprint density at radius 2 is 1.79 bits per heavy atom. The number of β-amino-alcohol motifs (C(OH)–C–C–N with tert-alkyl or cyclic N) is 1. The van der Waals surface area contributed by atoms with Crippen molar-refractivity contribution in [1.82, 2.24) is 4.90 Å². The lowest BCUT2D eigenvalue weighted by atomic mass is 9.88. The first-order chi connectivity index (χ1) is 11.7. The van der Waals surface area contributed by atoms with Crippen LogP contribution < -0.4 is 4.74 Å². The largest absolute Gasteiger partial charge is 0.508 e. The Morgan fingerprint density at radius 3 is 2.50 bits per heavy atom. The molecule has 128 valence electrons. The number of rotatable bonds is 6. The molecule has 0 saturated carbocycles. The van der Waals surface area contributed by atoms with Crippen LogP contribution in [0.4, 0.5) is 0 Å². The van der Waals surface area contributed by atoms with Gasteiger partial charge in [-0.05, 0) is 55.1 Å². The lowest BCUT2D eigenvalue weighted by Crippen LogP contribution is -2.45. The van der Waals surface area contributed by atoms with Crippen LogP contribution in [0.25, 0.3) is 0 Å². The Kier molecular flexibility index (Phi) is 5.72. The summed E-state index contributed by atoms with van der Waals surface area (Å²) in [7, 11) is 0. The van der Waals surface area contributed by atoms with Crippen LogP contribution in [0.1, 0.15) is 12.0 Å². The van der Waals surface area contributed by atoms with Gasteiger partial charge < -0.3 is 14.9 Å². The number of hydrogen-bond donors (Lipinski definition) is 2. The van der Waals surface area contributed by atoms with E-state index in [1.807, 2.05) is 6.07 Å². The maximum absolute atomic E-state index is 10.4. The maximum atomic E-state index is 10.4. The SMILES string of the molecule is Oc1ccc(OCCN2CCC(Cc3ccccc3)C(O)C2)cc1. The molecule has 0 aromatic heterocycles. The fourth-order valence-corrected chi connectivity index (χ4v) is 3.24. The Labute approximate surface area is 143 Å². The Bertz CT molecular complexity index is 615. The van der Waals surface area contributed by atoms with Crippen LogP contribution in [-0.2, 0) is 6.42 Å². The topological polar surface area (TPSA) is 52.9 Å². The highest BCUT2D eigenvalue weighted by molar-refractivity contribution is 5.30. The van der Waals surface area contributed by atoms with Gasteiger partial charge in [-0.1, -0.05) is 30.3 Å². The molecule has 1 heterocycles. The summed E-state index contributed by atoms with van der Waals surface area (Å²) >= 11 is 0. The van der Waals surface area contributed by atoms with Crippen molar-refractivity contribution in [3.8, 4) is 11.5 Å². The molecule has 0 amide bonds. The van der Waals surface area contributed by atoms with Crippen molar-refractivity contribution < 1.29 is 14.9 Å². The average Bonchev–Trinajstić information content (AvgIpc) is 2.60. The molecule has 0 aliphatic carbocycles. The highest BCUT2D eigenvalue weighted by atomic mass is 16.5. The average molecular weight is 327 g/mol. The van der Waals surface area contributed by atoms with Crippen LogP contribution in [0.15, 0.2) is 54.6 Å². The van der Waals surface area contributed by atoms with Crippen molar-refractivity contribution in [2.75, 3.05) is 26.2 Å². The van der Waals surface area contributed by atoms with E-state index in [4.69, 9.17) is 4.74 Å². The summed E-state index contributed by atoms with van der Waals surface area (Å²) in [5, 5.41) is 19.7. The molecule has 1 fully saturated rings. The van der Waals surface area contributed by atoms with E-state index in [0.29, 0.717) is 19.1 Å². The molecule has 1 aliphatic heterocycles. The van der Waals surface area contributed by atoms with Crippen molar-refractivity contribution in [3.63, 3.8) is 0 Å². The van der Waals surface area contributed by atoms with Crippen molar-refractivity contribution >= 4 is 0 Å². The first-order valence-corrected chi connectivity index (χ1v) is 8.57. The second-order valence-corrected chi connectivity index (χ2v) is 6.45. The molecule has 24 heavy (non-hydrogen) atoms. The van der Waals surface area contributed by atoms with Gasteiger partial charge in [0.1, 0.15) is 18.1 Å². The standard InChI is InChI=1S/C20H25NO3/c22-18-6-8-19(9-7-18)24-13-12-21-11-10-17(20(23)15-21)14-16-4-2-1-3-5-16/h1-9,17,20,22-23H,10-15H2. The zero-order chi connectivity index (χ0) is 16.8. The van der Waals surface area contributed by atoms with Gasteiger partial charge in [0, 0.05) is 13.1 Å². The van der Waals surface area contributed by atoms with Gasteiger partial charge in [0.15, 0.2) is 0 Å². The third-order valence-electron chi connectivity index (χ3n) is 4.66. The van der Waals surface area contributed by atoms with Gasteiger partial charge in [0.2, 0.25) is 0 Å². The highest BCUT2D eigenvalue weighted by Gasteiger charge is 2.27. The van der Waals surface area contributed by atoms with Crippen LogP contribution in [0.5, 0.6) is 11.5 Å². The van der Waals surface area contributed by atoms with Crippen LogP contribution in [0, 0.1) is 5.92 Å². The molecule has 2 atom stereocenters. The van der Waals surface area contributed by atoms with Crippen LogP contribution in [0.3, 0.4) is 0 Å². The number of aliphatic hydroxyl groups excluding tert-OH is 1. The molecule has 2 aromatic carbocycles. The fourth-order valence-electron chi connectivity index (χ4n) is 3.24. The summed E-state index contributed by atoms with van der Waals surface area (Å²) in [6, 6.07) is 17.1. The van der Waals surface area contributed by atoms with Gasteiger partial charge in [-0.2, -0.15) is 0 Å². The smallest absolute Gasteiger partial charge is 0.119 e. The van der Waals surface area contributed by atoms with Gasteiger partial charge in [-0.3, -0.25) is 4.90 Å². The minimum Gasteiger partial charge on any atom is -0.508 e. The van der Waals surface area contributed by atoms with Crippen LogP contribution in [0.2, 0.25) is 0 Å². The van der Waals surface area contributed by atoms with E-state index in [-0.39, 0.29) is 11.9 Å². The van der Waals surface area contributed by atoms with Gasteiger partial charge in [-0.15, -0.1) is 0 Å². The van der Waals surface area contributed by atoms with Gasteiger partial charge >= 0.3 is 0 Å². The first kappa shape index (κ1) is 16.8. The number of ether oxygens (including phenoxy) is 1. The molecular formula is C20H25NO3. The quantitative estimate of drug-likeness (QED) is 0.856. The zero-order valence-corrected chi connectivity index (χ0v) is 13.8. The normalized spacial score (nSPS) is 21.5. The molecule has 2 unspecified atom stereocenters. The molecular weight excluding hydrogens is 302 g/mol. The van der Waals surface area contributed by atoms with Crippen molar-refractivity contribution in [3.05, 3.63) is 60.2 Å². The van der Waals surface area contributed by atoms with Gasteiger partial charge in [0.25, 0.3) is 0 Å². The first-order valence-electron chi connectivity index (χ1n) is 8.57. The molecule has 3 rings (SSSR count). The number of aliphatic hydroxyl groups is 1. The number of phenolic OH excluding ortho intramolecular Hbond substituents is 1. The molecule has 4 nitrogen and oxygen atoms in total. The van der Waals surface area contributed by atoms with Crippen LogP contribution >= 0.6 is 0 Å². The van der Waals surface area contributed by atoms with E-state index in [2.05, 4.69) is 29.2 Å². The second-order valence-electron chi connectivity index (χ2n) is 6.45. The van der Waals surface area contributed by atoms with E-state index in [9.17, 15) is 10.2 Å². The number of piperidine rings is 1. The predicted molar refractivity (Wildman–Crippen MR) is 94.3 cm³/mol. The maximum Gasteiger partial charge on any atom is 0.119 e. The van der Waals surface area contributed by atoms with E-state index < -0.39 is 0 Å².